The zero-order valence-electron chi connectivity index (χ0n) is 38.8. The molecule has 0 aliphatic rings. The highest BCUT2D eigenvalue weighted by Crippen LogP contribution is 2.43. The Hall–Kier alpha value is -0.500. The van der Waals surface area contributed by atoms with Gasteiger partial charge in [0.05, 0.1) is 19.8 Å². The van der Waals surface area contributed by atoms with Crippen molar-refractivity contribution >= 4 is 13.8 Å². The fraction of sp³-hybridized carbons (Fsp3) is 0.980. The van der Waals surface area contributed by atoms with Crippen LogP contribution in [0, 0.1) is 0 Å². The van der Waals surface area contributed by atoms with Gasteiger partial charge in [-0.05, 0) is 12.8 Å². The number of phosphoric ester groups is 1. The molecule has 0 aliphatic heterocycles. The molecule has 0 aromatic heterocycles. The first kappa shape index (κ1) is 57.5. The quantitative estimate of drug-likeness (QED) is 0.0353. The van der Waals surface area contributed by atoms with Gasteiger partial charge >= 0.3 is 13.8 Å². The Labute approximate surface area is 361 Å². The molecule has 0 aliphatic carbocycles. The predicted molar refractivity (Wildman–Crippen MR) is 248 cm³/mol. The monoisotopic (exact) mass is 846 g/mol. The van der Waals surface area contributed by atoms with Gasteiger partial charge in [0.2, 0.25) is 0 Å². The van der Waals surface area contributed by atoms with Crippen LogP contribution in [0.5, 0.6) is 0 Å². The van der Waals surface area contributed by atoms with Crippen LogP contribution >= 0.6 is 7.82 Å². The number of hydrogen-bond donors (Lipinski definition) is 2. The summed E-state index contributed by atoms with van der Waals surface area (Å²) in [5, 5.41) is 0. The van der Waals surface area contributed by atoms with E-state index in [0.717, 1.165) is 32.1 Å². The van der Waals surface area contributed by atoms with Crippen molar-refractivity contribution in [1.29, 1.82) is 0 Å². The molecular weight excluding hydrogens is 746 g/mol. The lowest BCUT2D eigenvalue weighted by atomic mass is 10.0. The first-order valence-electron chi connectivity index (χ1n) is 25.5. The summed E-state index contributed by atoms with van der Waals surface area (Å²) >= 11 is 0. The van der Waals surface area contributed by atoms with Gasteiger partial charge in [0, 0.05) is 19.6 Å². The Morgan fingerprint density at radius 3 is 1.09 bits per heavy atom. The molecule has 0 spiro atoms. The lowest BCUT2D eigenvalue weighted by molar-refractivity contribution is -0.154. The van der Waals surface area contributed by atoms with Crippen LogP contribution in [0.25, 0.3) is 0 Å². The van der Waals surface area contributed by atoms with E-state index in [1.54, 1.807) is 0 Å². The molecule has 0 saturated carbocycles. The highest BCUT2D eigenvalue weighted by Gasteiger charge is 2.25. The number of hydrogen-bond acceptors (Lipinski definition) is 7. The van der Waals surface area contributed by atoms with Gasteiger partial charge in [-0.3, -0.25) is 13.8 Å². The van der Waals surface area contributed by atoms with Gasteiger partial charge in [-0.2, -0.15) is 0 Å². The second kappa shape index (κ2) is 47.5. The first-order valence-corrected chi connectivity index (χ1v) is 27.0. The molecule has 0 aromatic rings. The lowest BCUT2D eigenvalue weighted by Gasteiger charge is -2.20. The summed E-state index contributed by atoms with van der Waals surface area (Å²) in [7, 11) is -4.27. The smallest absolute Gasteiger partial charge is 0.457 e. The molecule has 9 heteroatoms. The maximum atomic E-state index is 12.6. The van der Waals surface area contributed by atoms with Gasteiger partial charge in [0.1, 0.15) is 6.10 Å². The first-order chi connectivity index (χ1) is 28.4. The molecule has 0 radical (unpaired) electrons. The largest absolute Gasteiger partial charge is 0.472 e. The Balaban J connectivity index is 3.82. The summed E-state index contributed by atoms with van der Waals surface area (Å²) in [4.78, 5) is 22.5. The molecular formula is C49H100NO7P. The number of esters is 1. The van der Waals surface area contributed by atoms with E-state index in [9.17, 15) is 14.3 Å². The van der Waals surface area contributed by atoms with Crippen LogP contribution in [0.4, 0.5) is 0 Å². The average Bonchev–Trinajstić information content (AvgIpc) is 3.21. The van der Waals surface area contributed by atoms with Crippen molar-refractivity contribution < 1.29 is 32.8 Å². The minimum absolute atomic E-state index is 0.0898. The van der Waals surface area contributed by atoms with Gasteiger partial charge in [-0.1, -0.05) is 251 Å². The van der Waals surface area contributed by atoms with Crippen LogP contribution in [0.15, 0.2) is 0 Å². The second-order valence-electron chi connectivity index (χ2n) is 17.4. The zero-order valence-corrected chi connectivity index (χ0v) is 39.7. The zero-order chi connectivity index (χ0) is 42.3. The molecule has 2 atom stereocenters. The van der Waals surface area contributed by atoms with Crippen LogP contribution in [0.1, 0.15) is 271 Å². The Kier molecular flexibility index (Phi) is 47.1. The summed E-state index contributed by atoms with van der Waals surface area (Å²) < 4.78 is 33.6. The van der Waals surface area contributed by atoms with Gasteiger partial charge < -0.3 is 20.1 Å². The van der Waals surface area contributed by atoms with Gasteiger partial charge in [-0.15, -0.1) is 0 Å². The van der Waals surface area contributed by atoms with E-state index in [4.69, 9.17) is 24.3 Å². The predicted octanol–water partition coefficient (Wildman–Crippen LogP) is 15.7. The van der Waals surface area contributed by atoms with Crippen molar-refractivity contribution in [2.75, 3.05) is 33.0 Å². The fourth-order valence-electron chi connectivity index (χ4n) is 7.77. The van der Waals surface area contributed by atoms with E-state index in [-0.39, 0.29) is 32.3 Å². The van der Waals surface area contributed by atoms with Gasteiger partial charge in [-0.25, -0.2) is 4.57 Å². The summed E-state index contributed by atoms with van der Waals surface area (Å²) in [6.07, 6.45) is 51.4. The van der Waals surface area contributed by atoms with Gasteiger partial charge in [0.25, 0.3) is 0 Å². The molecule has 2 unspecified atom stereocenters. The summed E-state index contributed by atoms with van der Waals surface area (Å²) in [5.74, 6) is -0.322. The van der Waals surface area contributed by atoms with Crippen LogP contribution in [0.2, 0.25) is 0 Å². The molecule has 0 aromatic carbocycles. The van der Waals surface area contributed by atoms with E-state index < -0.39 is 13.9 Å². The molecule has 0 fully saturated rings. The van der Waals surface area contributed by atoms with E-state index in [1.807, 2.05) is 0 Å². The summed E-state index contributed by atoms with van der Waals surface area (Å²) in [5.41, 5.74) is 5.38. The van der Waals surface area contributed by atoms with Crippen molar-refractivity contribution in [2.24, 2.45) is 5.73 Å². The summed E-state index contributed by atoms with van der Waals surface area (Å²) in [6, 6.07) is 0. The molecule has 0 rings (SSSR count). The number of ether oxygens (including phenoxy) is 2. The van der Waals surface area contributed by atoms with Crippen LogP contribution in [0.3, 0.4) is 0 Å². The normalized spacial score (nSPS) is 13.2. The van der Waals surface area contributed by atoms with E-state index >= 15 is 0 Å². The Morgan fingerprint density at radius 1 is 0.448 bits per heavy atom. The van der Waals surface area contributed by atoms with Crippen LogP contribution in [-0.2, 0) is 27.9 Å². The second-order valence-corrected chi connectivity index (χ2v) is 18.9. The standard InChI is InChI=1S/C49H100NO7P/c1-3-5-7-9-11-13-15-17-19-20-21-22-23-24-25-26-27-28-29-31-33-35-37-39-41-44-54-46-48(47-56-58(52,53)55-45-43-50)57-49(51)42-40-38-36-34-32-30-18-16-14-12-10-8-6-4-2/h48H,3-47,50H2,1-2H3,(H,52,53). The SMILES string of the molecule is CCCCCCCCCCCCCCCCCCCCCCCCCCCOCC(COP(=O)(O)OCCN)OC(=O)CCCCCCCCCCCCCCCC. The van der Waals surface area contributed by atoms with Gasteiger partial charge in [0.15, 0.2) is 0 Å². The third kappa shape index (κ3) is 46.6. The van der Waals surface area contributed by atoms with Crippen molar-refractivity contribution in [3.05, 3.63) is 0 Å². The highest BCUT2D eigenvalue weighted by atomic mass is 31.2. The number of unbranched alkanes of at least 4 members (excludes halogenated alkanes) is 37. The number of nitrogens with two attached hydrogens (primary N) is 1. The minimum Gasteiger partial charge on any atom is -0.457 e. The van der Waals surface area contributed by atoms with E-state index in [1.165, 1.54) is 218 Å². The molecule has 58 heavy (non-hydrogen) atoms. The molecule has 3 N–H and O–H groups in total. The maximum Gasteiger partial charge on any atom is 0.472 e. The van der Waals surface area contributed by atoms with Crippen LogP contribution < -0.4 is 5.73 Å². The topological polar surface area (TPSA) is 117 Å². The van der Waals surface area contributed by atoms with Crippen LogP contribution in [-0.4, -0.2) is 49.9 Å². The summed E-state index contributed by atoms with van der Waals surface area (Å²) in [6.45, 7) is 5.00. The van der Waals surface area contributed by atoms with Crippen molar-refractivity contribution in [3.63, 3.8) is 0 Å². The minimum atomic E-state index is -4.27. The number of phosphoric acid groups is 1. The number of carbonyl (C=O) groups excluding carboxylic acids is 1. The highest BCUT2D eigenvalue weighted by molar-refractivity contribution is 7.47. The Morgan fingerprint density at radius 2 is 0.759 bits per heavy atom. The number of rotatable bonds is 50. The maximum absolute atomic E-state index is 12.6. The third-order valence-corrected chi connectivity index (χ3v) is 12.5. The number of carbonyl (C=O) groups is 1. The fourth-order valence-corrected chi connectivity index (χ4v) is 8.53. The van der Waals surface area contributed by atoms with Crippen molar-refractivity contribution in [3.8, 4) is 0 Å². The third-order valence-electron chi connectivity index (χ3n) is 11.5. The lowest BCUT2D eigenvalue weighted by Crippen LogP contribution is -2.28. The molecule has 0 amide bonds. The van der Waals surface area contributed by atoms with Crippen molar-refractivity contribution in [2.45, 2.75) is 277 Å². The average molecular weight is 846 g/mol. The molecule has 8 nitrogen and oxygen atoms in total. The molecule has 0 heterocycles. The molecule has 348 valence electrons. The van der Waals surface area contributed by atoms with Crippen molar-refractivity contribution in [1.82, 2.24) is 0 Å². The molecule has 0 bridgehead atoms. The van der Waals surface area contributed by atoms with E-state index in [0.29, 0.717) is 13.0 Å². The molecule has 0 saturated heterocycles. The van der Waals surface area contributed by atoms with E-state index in [2.05, 4.69) is 13.8 Å². The Bertz CT molecular complexity index is 863.